The van der Waals surface area contributed by atoms with Gasteiger partial charge in [0.15, 0.2) is 5.25 Å². The van der Waals surface area contributed by atoms with E-state index in [9.17, 15) is 28.6 Å². The van der Waals surface area contributed by atoms with Gasteiger partial charge < -0.3 is 4.74 Å². The Labute approximate surface area is 138 Å². The van der Waals surface area contributed by atoms with Gasteiger partial charge >= 0.3 is 0 Å². The Bertz CT molecular complexity index is 684. The highest BCUT2D eigenvalue weighted by atomic mass is 32.2. The largest absolute Gasteiger partial charge is 0.379 e. The molecule has 0 aromatic rings. The standard InChI is InChI=1S/C12H18N4O7S/c13-24(21,22)11-2-1-10(15(17)18)9-12(11,16(19)20)3-4-14-5-7-23-8-6-14/h1-2,9,11H,3-8H2,(H2,13,21,22). The monoisotopic (exact) mass is 362 g/mol. The number of nitro groups is 2. The summed E-state index contributed by atoms with van der Waals surface area (Å²) in [6.07, 6.45) is 2.44. The van der Waals surface area contributed by atoms with E-state index in [2.05, 4.69) is 0 Å². The van der Waals surface area contributed by atoms with Crippen molar-refractivity contribution < 1.29 is 23.0 Å². The molecule has 0 radical (unpaired) electrons. The smallest absolute Gasteiger partial charge is 0.272 e. The first kappa shape index (κ1) is 18.4. The molecule has 0 aromatic heterocycles. The normalized spacial score (nSPS) is 28.4. The molecule has 0 aromatic carbocycles. The summed E-state index contributed by atoms with van der Waals surface area (Å²) >= 11 is 0. The molecule has 2 aliphatic rings. The maximum atomic E-state index is 11.8. The van der Waals surface area contributed by atoms with Crippen molar-refractivity contribution in [2.75, 3.05) is 32.8 Å². The van der Waals surface area contributed by atoms with Gasteiger partial charge in [-0.25, -0.2) is 13.6 Å². The lowest BCUT2D eigenvalue weighted by Gasteiger charge is -2.32. The lowest BCUT2D eigenvalue weighted by Crippen LogP contribution is -2.55. The van der Waals surface area contributed by atoms with Crippen LogP contribution < -0.4 is 5.14 Å². The Morgan fingerprint density at radius 3 is 2.46 bits per heavy atom. The predicted molar refractivity (Wildman–Crippen MR) is 82.7 cm³/mol. The second kappa shape index (κ2) is 6.93. The highest BCUT2D eigenvalue weighted by molar-refractivity contribution is 7.90. The van der Waals surface area contributed by atoms with Gasteiger partial charge in [-0.2, -0.15) is 0 Å². The fourth-order valence-electron chi connectivity index (χ4n) is 2.87. The zero-order valence-corrected chi connectivity index (χ0v) is 13.6. The Morgan fingerprint density at radius 1 is 1.33 bits per heavy atom. The van der Waals surface area contributed by atoms with E-state index < -0.39 is 36.4 Å². The zero-order valence-electron chi connectivity index (χ0n) is 12.7. The van der Waals surface area contributed by atoms with Gasteiger partial charge in [0, 0.05) is 37.1 Å². The molecule has 1 fully saturated rings. The molecule has 0 spiro atoms. The first-order valence-electron chi connectivity index (χ1n) is 7.18. The van der Waals surface area contributed by atoms with Gasteiger partial charge in [0.1, 0.15) is 0 Å². The van der Waals surface area contributed by atoms with E-state index in [1.165, 1.54) is 0 Å². The lowest BCUT2D eigenvalue weighted by atomic mass is 9.86. The zero-order chi connectivity index (χ0) is 18.0. The van der Waals surface area contributed by atoms with Crippen LogP contribution in [0.5, 0.6) is 0 Å². The van der Waals surface area contributed by atoms with E-state index in [1.54, 1.807) is 0 Å². The van der Waals surface area contributed by atoms with E-state index in [0.29, 0.717) is 26.3 Å². The van der Waals surface area contributed by atoms with Crippen molar-refractivity contribution in [2.45, 2.75) is 17.2 Å². The average Bonchev–Trinajstić information content (AvgIpc) is 2.52. The minimum absolute atomic E-state index is 0.200. The van der Waals surface area contributed by atoms with Crippen molar-refractivity contribution in [3.8, 4) is 0 Å². The van der Waals surface area contributed by atoms with Crippen LogP contribution in [0.1, 0.15) is 6.42 Å². The Morgan fingerprint density at radius 2 is 1.96 bits per heavy atom. The highest BCUT2D eigenvalue weighted by Gasteiger charge is 2.56. The first-order valence-corrected chi connectivity index (χ1v) is 8.79. The molecule has 1 aliphatic heterocycles. The van der Waals surface area contributed by atoms with Crippen LogP contribution in [0.15, 0.2) is 23.9 Å². The van der Waals surface area contributed by atoms with Gasteiger partial charge in [-0.3, -0.25) is 25.1 Å². The van der Waals surface area contributed by atoms with Gasteiger partial charge in [0.25, 0.3) is 11.2 Å². The van der Waals surface area contributed by atoms with Crippen molar-refractivity contribution in [3.05, 3.63) is 44.2 Å². The summed E-state index contributed by atoms with van der Waals surface area (Å²) in [7, 11) is -4.32. The maximum absolute atomic E-state index is 11.8. The summed E-state index contributed by atoms with van der Waals surface area (Å²) in [6, 6.07) is 0. The molecule has 0 amide bonds. The highest BCUT2D eigenvalue weighted by Crippen LogP contribution is 2.33. The van der Waals surface area contributed by atoms with Crippen molar-refractivity contribution in [1.82, 2.24) is 4.90 Å². The molecule has 2 N–H and O–H groups in total. The molecule has 11 nitrogen and oxygen atoms in total. The number of hydrogen-bond acceptors (Lipinski definition) is 8. The first-order chi connectivity index (χ1) is 11.2. The number of nitrogens with two attached hydrogens (primary N) is 1. The summed E-state index contributed by atoms with van der Waals surface area (Å²) in [5.74, 6) is 0. The number of sulfonamides is 1. The third kappa shape index (κ3) is 3.77. The minimum Gasteiger partial charge on any atom is -0.379 e. The molecular formula is C12H18N4O7S. The summed E-state index contributed by atoms with van der Waals surface area (Å²) in [6.45, 7) is 2.25. The minimum atomic E-state index is -4.32. The number of hydrogen-bond donors (Lipinski definition) is 1. The molecule has 2 unspecified atom stereocenters. The number of morpholine rings is 1. The second-order valence-electron chi connectivity index (χ2n) is 5.65. The van der Waals surface area contributed by atoms with E-state index in [1.807, 2.05) is 4.90 Å². The fraction of sp³-hybridized carbons (Fsp3) is 0.667. The molecule has 134 valence electrons. The number of nitrogens with zero attached hydrogens (tertiary/aromatic N) is 3. The molecule has 1 heterocycles. The van der Waals surface area contributed by atoms with E-state index in [4.69, 9.17) is 9.88 Å². The van der Waals surface area contributed by atoms with Crippen LogP contribution in [0.4, 0.5) is 0 Å². The van der Waals surface area contributed by atoms with Crippen LogP contribution in [-0.4, -0.2) is 66.8 Å². The third-order valence-electron chi connectivity index (χ3n) is 4.17. The van der Waals surface area contributed by atoms with Crippen LogP contribution in [0.2, 0.25) is 0 Å². The molecule has 12 heteroatoms. The molecule has 1 saturated heterocycles. The summed E-state index contributed by atoms with van der Waals surface area (Å²) in [5.41, 5.74) is -2.70. The Kier molecular flexibility index (Phi) is 5.32. The van der Waals surface area contributed by atoms with Gasteiger partial charge in [-0.1, -0.05) is 6.08 Å². The van der Waals surface area contributed by atoms with Gasteiger partial charge in [-0.05, 0) is 0 Å². The van der Waals surface area contributed by atoms with Crippen molar-refractivity contribution in [3.63, 3.8) is 0 Å². The molecule has 1 aliphatic carbocycles. The maximum Gasteiger partial charge on any atom is 0.272 e. The molecule has 2 atom stereocenters. The quantitative estimate of drug-likeness (QED) is 0.470. The molecule has 24 heavy (non-hydrogen) atoms. The van der Waals surface area contributed by atoms with Gasteiger partial charge in [0.05, 0.1) is 24.2 Å². The Balaban J connectivity index is 2.37. The predicted octanol–water partition coefficient (Wildman–Crippen LogP) is -0.888. The number of ether oxygens (including phenoxy) is 1. The van der Waals surface area contributed by atoms with Gasteiger partial charge in [-0.15, -0.1) is 0 Å². The molecular weight excluding hydrogens is 344 g/mol. The molecule has 0 saturated carbocycles. The average molecular weight is 362 g/mol. The van der Waals surface area contributed by atoms with E-state index in [0.717, 1.165) is 18.2 Å². The van der Waals surface area contributed by atoms with Crippen LogP contribution >= 0.6 is 0 Å². The number of allylic oxidation sites excluding steroid dienone is 1. The van der Waals surface area contributed by atoms with Crippen LogP contribution in [-0.2, 0) is 14.8 Å². The van der Waals surface area contributed by atoms with Crippen molar-refractivity contribution in [1.29, 1.82) is 0 Å². The molecule has 0 bridgehead atoms. The van der Waals surface area contributed by atoms with Crippen LogP contribution in [0.3, 0.4) is 0 Å². The topological polar surface area (TPSA) is 159 Å². The lowest BCUT2D eigenvalue weighted by molar-refractivity contribution is -0.556. The second-order valence-corrected chi connectivity index (χ2v) is 7.33. The summed E-state index contributed by atoms with van der Waals surface area (Å²) < 4.78 is 28.8. The van der Waals surface area contributed by atoms with Crippen LogP contribution in [0.25, 0.3) is 0 Å². The number of primary sulfonamides is 1. The van der Waals surface area contributed by atoms with Crippen LogP contribution in [0, 0.1) is 20.2 Å². The van der Waals surface area contributed by atoms with Gasteiger partial charge in [0.2, 0.25) is 10.0 Å². The van der Waals surface area contributed by atoms with E-state index >= 15 is 0 Å². The van der Waals surface area contributed by atoms with E-state index in [-0.39, 0.29) is 13.0 Å². The van der Waals surface area contributed by atoms with Crippen molar-refractivity contribution in [2.24, 2.45) is 5.14 Å². The summed E-state index contributed by atoms with van der Waals surface area (Å²) in [5, 5.41) is 26.2. The third-order valence-corrected chi connectivity index (χ3v) is 5.44. The molecule has 2 rings (SSSR count). The SMILES string of the molecule is NS(=O)(=O)C1C=CC([N+](=O)[O-])=CC1(CCN1CCOCC1)[N+](=O)[O-]. The van der Waals surface area contributed by atoms with Crippen molar-refractivity contribution >= 4 is 10.0 Å². The Hall–Kier alpha value is -1.89. The summed E-state index contributed by atoms with van der Waals surface area (Å²) in [4.78, 5) is 23.0. The number of rotatable bonds is 6. The fourth-order valence-corrected chi connectivity index (χ4v) is 4.01.